The smallest absolute Gasteiger partial charge is 0.323 e. The summed E-state index contributed by atoms with van der Waals surface area (Å²) in [6, 6.07) is -0.341. The maximum Gasteiger partial charge on any atom is 0.323 e. The van der Waals surface area contributed by atoms with E-state index in [2.05, 4.69) is 5.32 Å². The predicted molar refractivity (Wildman–Crippen MR) is 80.0 cm³/mol. The van der Waals surface area contributed by atoms with Gasteiger partial charge in [0.1, 0.15) is 6.04 Å². The normalized spacial score (nSPS) is 16.5. The fourth-order valence-corrected chi connectivity index (χ4v) is 2.23. The Balaban J connectivity index is 0.00000361. The van der Waals surface area contributed by atoms with Crippen LogP contribution in [0.3, 0.4) is 0 Å². The Bertz CT molecular complexity index is 309. The third-order valence-corrected chi connectivity index (χ3v) is 3.33. The lowest BCUT2D eigenvalue weighted by Crippen LogP contribution is -2.51. The molecule has 1 aliphatic heterocycles. The molecule has 0 bridgehead atoms. The number of rotatable bonds is 6. The van der Waals surface area contributed by atoms with Crippen molar-refractivity contribution in [2.75, 3.05) is 46.4 Å². The highest BCUT2D eigenvalue weighted by Crippen LogP contribution is 2.06. The molecule has 0 aromatic carbocycles. The zero-order valence-corrected chi connectivity index (χ0v) is 13.4. The van der Waals surface area contributed by atoms with Gasteiger partial charge in [0, 0.05) is 26.2 Å². The third-order valence-electron chi connectivity index (χ3n) is 3.33. The lowest BCUT2D eigenvalue weighted by molar-refractivity contribution is -0.150. The third kappa shape index (κ3) is 5.64. The molecule has 1 heterocycles. The molecule has 0 spiro atoms. The van der Waals surface area contributed by atoms with E-state index in [0.717, 1.165) is 26.2 Å². The van der Waals surface area contributed by atoms with Gasteiger partial charge in [0.2, 0.25) is 5.91 Å². The van der Waals surface area contributed by atoms with E-state index in [0.29, 0.717) is 13.0 Å². The van der Waals surface area contributed by atoms with Crippen LogP contribution in [0.25, 0.3) is 0 Å². The summed E-state index contributed by atoms with van der Waals surface area (Å²) in [7, 11) is 1.80. The molecular formula is C13H26ClN3O3. The van der Waals surface area contributed by atoms with Crippen molar-refractivity contribution in [3.05, 3.63) is 0 Å². The van der Waals surface area contributed by atoms with Crippen LogP contribution in [0.5, 0.6) is 0 Å². The number of esters is 1. The van der Waals surface area contributed by atoms with Gasteiger partial charge in [0.05, 0.1) is 13.2 Å². The number of nitrogens with zero attached hydrogens (tertiary/aromatic N) is 2. The molecule has 0 aromatic rings. The van der Waals surface area contributed by atoms with Gasteiger partial charge in [0.15, 0.2) is 0 Å². The number of carbonyl (C=O) groups is 2. The number of amides is 1. The van der Waals surface area contributed by atoms with Crippen molar-refractivity contribution in [1.29, 1.82) is 0 Å². The van der Waals surface area contributed by atoms with E-state index in [4.69, 9.17) is 4.74 Å². The van der Waals surface area contributed by atoms with Gasteiger partial charge >= 0.3 is 5.97 Å². The SMILES string of the molecule is CCOC(=O)C(CC)N(C)CC(=O)N1CCNCC1.Cl. The van der Waals surface area contributed by atoms with Gasteiger partial charge in [-0.3, -0.25) is 14.5 Å². The summed E-state index contributed by atoms with van der Waals surface area (Å²) >= 11 is 0. The molecule has 1 amide bonds. The lowest BCUT2D eigenvalue weighted by Gasteiger charge is -2.31. The minimum Gasteiger partial charge on any atom is -0.465 e. The molecule has 1 unspecified atom stereocenters. The van der Waals surface area contributed by atoms with Crippen molar-refractivity contribution >= 4 is 24.3 Å². The molecule has 7 heteroatoms. The Morgan fingerprint density at radius 1 is 1.30 bits per heavy atom. The number of halogens is 1. The Kier molecular flexibility index (Phi) is 9.54. The number of carbonyl (C=O) groups excluding carboxylic acids is 2. The predicted octanol–water partition coefficient (Wildman–Crippen LogP) is 0.114. The maximum absolute atomic E-state index is 12.1. The van der Waals surface area contributed by atoms with Crippen LogP contribution in [0.2, 0.25) is 0 Å². The van der Waals surface area contributed by atoms with E-state index in [9.17, 15) is 9.59 Å². The van der Waals surface area contributed by atoms with Gasteiger partial charge in [-0.1, -0.05) is 6.92 Å². The number of hydrogen-bond acceptors (Lipinski definition) is 5. The van der Waals surface area contributed by atoms with Gasteiger partial charge in [0.25, 0.3) is 0 Å². The van der Waals surface area contributed by atoms with Crippen LogP contribution in [0, 0.1) is 0 Å². The standard InChI is InChI=1S/C13H25N3O3.ClH/c1-4-11(13(18)19-5-2)15(3)10-12(17)16-8-6-14-7-9-16;/h11,14H,4-10H2,1-3H3;1H. The van der Waals surface area contributed by atoms with Gasteiger partial charge in [-0.05, 0) is 20.4 Å². The van der Waals surface area contributed by atoms with Crippen LogP contribution in [-0.4, -0.2) is 74.1 Å². The first-order valence-electron chi connectivity index (χ1n) is 6.95. The van der Waals surface area contributed by atoms with Gasteiger partial charge in [-0.2, -0.15) is 0 Å². The van der Waals surface area contributed by atoms with Crippen molar-refractivity contribution in [3.63, 3.8) is 0 Å². The lowest BCUT2D eigenvalue weighted by atomic mass is 10.2. The second-order valence-electron chi connectivity index (χ2n) is 4.72. The van der Waals surface area contributed by atoms with Gasteiger partial charge < -0.3 is 15.0 Å². The Hall–Kier alpha value is -0.850. The average Bonchev–Trinajstić information content (AvgIpc) is 2.40. The minimum atomic E-state index is -0.341. The second kappa shape index (κ2) is 9.96. The number of hydrogen-bond donors (Lipinski definition) is 1. The Morgan fingerprint density at radius 3 is 2.40 bits per heavy atom. The molecule has 0 radical (unpaired) electrons. The van der Waals surface area contributed by atoms with Crippen LogP contribution in [0.1, 0.15) is 20.3 Å². The Labute approximate surface area is 127 Å². The summed E-state index contributed by atoms with van der Waals surface area (Å²) in [4.78, 5) is 27.5. The first-order chi connectivity index (χ1) is 9.10. The van der Waals surface area contributed by atoms with Crippen LogP contribution in [-0.2, 0) is 14.3 Å². The summed E-state index contributed by atoms with van der Waals surface area (Å²) in [5, 5.41) is 3.21. The fraction of sp³-hybridized carbons (Fsp3) is 0.846. The zero-order chi connectivity index (χ0) is 14.3. The van der Waals surface area contributed by atoms with Crippen LogP contribution < -0.4 is 5.32 Å². The first kappa shape index (κ1) is 19.1. The van der Waals surface area contributed by atoms with E-state index in [-0.39, 0.29) is 36.9 Å². The fourth-order valence-electron chi connectivity index (χ4n) is 2.23. The molecule has 0 aromatic heterocycles. The molecule has 1 N–H and O–H groups in total. The summed E-state index contributed by atoms with van der Waals surface area (Å²) in [6.45, 7) is 7.50. The molecule has 1 atom stereocenters. The van der Waals surface area contributed by atoms with Crippen molar-refractivity contribution in [2.45, 2.75) is 26.3 Å². The minimum absolute atomic E-state index is 0. The highest BCUT2D eigenvalue weighted by atomic mass is 35.5. The Morgan fingerprint density at radius 2 is 1.90 bits per heavy atom. The quantitative estimate of drug-likeness (QED) is 0.706. The van der Waals surface area contributed by atoms with E-state index < -0.39 is 0 Å². The molecule has 1 saturated heterocycles. The van der Waals surface area contributed by atoms with E-state index in [1.54, 1.807) is 18.9 Å². The van der Waals surface area contributed by atoms with E-state index in [1.165, 1.54) is 0 Å². The topological polar surface area (TPSA) is 61.9 Å². The molecule has 0 saturated carbocycles. The van der Waals surface area contributed by atoms with Gasteiger partial charge in [-0.25, -0.2) is 0 Å². The number of nitrogens with one attached hydrogen (secondary N) is 1. The van der Waals surface area contributed by atoms with Crippen molar-refractivity contribution in [2.24, 2.45) is 0 Å². The van der Waals surface area contributed by atoms with Crippen molar-refractivity contribution < 1.29 is 14.3 Å². The summed E-state index contributed by atoms with van der Waals surface area (Å²) in [6.07, 6.45) is 0.643. The number of ether oxygens (including phenoxy) is 1. The molecular weight excluding hydrogens is 282 g/mol. The first-order valence-corrected chi connectivity index (χ1v) is 6.95. The maximum atomic E-state index is 12.1. The van der Waals surface area contributed by atoms with Crippen LogP contribution in [0.15, 0.2) is 0 Å². The number of piperazine rings is 1. The highest BCUT2D eigenvalue weighted by Gasteiger charge is 2.26. The molecule has 118 valence electrons. The molecule has 6 nitrogen and oxygen atoms in total. The van der Waals surface area contributed by atoms with E-state index >= 15 is 0 Å². The molecule has 20 heavy (non-hydrogen) atoms. The average molecular weight is 308 g/mol. The van der Waals surface area contributed by atoms with Crippen LogP contribution in [0.4, 0.5) is 0 Å². The largest absolute Gasteiger partial charge is 0.465 e. The summed E-state index contributed by atoms with van der Waals surface area (Å²) < 4.78 is 5.03. The van der Waals surface area contributed by atoms with Crippen molar-refractivity contribution in [3.8, 4) is 0 Å². The van der Waals surface area contributed by atoms with E-state index in [1.807, 2.05) is 11.8 Å². The molecule has 1 rings (SSSR count). The summed E-state index contributed by atoms with van der Waals surface area (Å²) in [5.74, 6) is -0.174. The molecule has 1 fully saturated rings. The summed E-state index contributed by atoms with van der Waals surface area (Å²) in [5.41, 5.74) is 0. The molecule has 1 aliphatic rings. The second-order valence-corrected chi connectivity index (χ2v) is 4.72. The van der Waals surface area contributed by atoms with Crippen LogP contribution >= 0.6 is 12.4 Å². The zero-order valence-electron chi connectivity index (χ0n) is 12.6. The molecule has 0 aliphatic carbocycles. The monoisotopic (exact) mass is 307 g/mol. The van der Waals surface area contributed by atoms with Crippen molar-refractivity contribution in [1.82, 2.24) is 15.1 Å². The number of likely N-dealkylation sites (N-methyl/N-ethyl adjacent to an activating group) is 1. The highest BCUT2D eigenvalue weighted by molar-refractivity contribution is 5.85. The van der Waals surface area contributed by atoms with Gasteiger partial charge in [-0.15, -0.1) is 12.4 Å².